The normalized spacial score (nSPS) is 12.8. The Hall–Kier alpha value is -2.89. The second-order valence-electron chi connectivity index (χ2n) is 7.30. The van der Waals surface area contributed by atoms with Gasteiger partial charge >= 0.3 is 0 Å². The average molecular weight is 352 g/mol. The van der Waals surface area contributed by atoms with E-state index in [1.54, 1.807) is 6.92 Å². The van der Waals surface area contributed by atoms with Gasteiger partial charge in [-0.2, -0.15) is 0 Å². The molecule has 1 atom stereocenters. The van der Waals surface area contributed by atoms with Crippen molar-refractivity contribution in [3.05, 3.63) is 60.0 Å². The Morgan fingerprint density at radius 2 is 2.00 bits per heavy atom. The molecule has 1 N–H and O–H groups in total. The summed E-state index contributed by atoms with van der Waals surface area (Å²) in [6.45, 7) is 8.46. The number of fused-ring (bicyclic) bond motifs is 1. The highest BCUT2D eigenvalue weighted by atomic mass is 16.5. The van der Waals surface area contributed by atoms with Gasteiger partial charge in [-0.3, -0.25) is 9.20 Å². The molecule has 0 aliphatic carbocycles. The summed E-state index contributed by atoms with van der Waals surface area (Å²) < 4.78 is 7.66. The smallest absolute Gasteiger partial charge is 0.261 e. The molecular formula is C20H24N4O2. The van der Waals surface area contributed by atoms with E-state index in [0.29, 0.717) is 18.1 Å². The fraction of sp³-hybridized carbons (Fsp3) is 0.350. The van der Waals surface area contributed by atoms with Gasteiger partial charge in [0.1, 0.15) is 5.75 Å². The van der Waals surface area contributed by atoms with E-state index >= 15 is 0 Å². The first-order valence-electron chi connectivity index (χ1n) is 8.68. The Labute approximate surface area is 153 Å². The number of hydrogen-bond acceptors (Lipinski definition) is 4. The molecular weight excluding hydrogens is 328 g/mol. The average Bonchev–Trinajstić information content (AvgIpc) is 3.02. The molecule has 2 heterocycles. The van der Waals surface area contributed by atoms with Gasteiger partial charge in [0, 0.05) is 6.20 Å². The van der Waals surface area contributed by atoms with Crippen molar-refractivity contribution in [3.8, 4) is 5.75 Å². The van der Waals surface area contributed by atoms with Crippen LogP contribution < -0.4 is 10.1 Å². The number of benzene rings is 1. The zero-order valence-electron chi connectivity index (χ0n) is 15.6. The van der Waals surface area contributed by atoms with E-state index in [1.165, 1.54) is 0 Å². The second-order valence-corrected chi connectivity index (χ2v) is 7.30. The second kappa shape index (κ2) is 7.15. The van der Waals surface area contributed by atoms with E-state index in [-0.39, 0.29) is 11.3 Å². The van der Waals surface area contributed by atoms with Crippen LogP contribution in [0.15, 0.2) is 48.7 Å². The van der Waals surface area contributed by atoms with Crippen LogP contribution in [-0.2, 0) is 16.8 Å². The molecule has 0 saturated heterocycles. The van der Waals surface area contributed by atoms with Gasteiger partial charge in [-0.1, -0.05) is 39.0 Å². The highest BCUT2D eigenvalue weighted by molar-refractivity contribution is 5.80. The third-order valence-electron chi connectivity index (χ3n) is 4.19. The van der Waals surface area contributed by atoms with Crippen LogP contribution in [0.4, 0.5) is 0 Å². The van der Waals surface area contributed by atoms with E-state index in [9.17, 15) is 4.79 Å². The maximum Gasteiger partial charge on any atom is 0.261 e. The van der Waals surface area contributed by atoms with Crippen molar-refractivity contribution in [2.24, 2.45) is 0 Å². The molecule has 0 fully saturated rings. The van der Waals surface area contributed by atoms with Crippen molar-refractivity contribution in [3.63, 3.8) is 0 Å². The van der Waals surface area contributed by atoms with Crippen LogP contribution in [0.1, 0.15) is 39.1 Å². The quantitative estimate of drug-likeness (QED) is 0.766. The largest absolute Gasteiger partial charge is 0.481 e. The zero-order chi connectivity index (χ0) is 18.7. The fourth-order valence-electron chi connectivity index (χ4n) is 2.61. The van der Waals surface area contributed by atoms with Gasteiger partial charge < -0.3 is 10.1 Å². The van der Waals surface area contributed by atoms with E-state index in [1.807, 2.05) is 47.0 Å². The summed E-state index contributed by atoms with van der Waals surface area (Å²) in [5.41, 5.74) is 1.94. The summed E-state index contributed by atoms with van der Waals surface area (Å²) >= 11 is 0. The minimum atomic E-state index is -0.607. The van der Waals surface area contributed by atoms with E-state index in [2.05, 4.69) is 42.4 Å². The lowest BCUT2D eigenvalue weighted by Crippen LogP contribution is -2.36. The topological polar surface area (TPSA) is 68.5 Å². The number of nitrogens with one attached hydrogen (secondary N) is 1. The van der Waals surface area contributed by atoms with Crippen molar-refractivity contribution in [1.29, 1.82) is 0 Å². The molecule has 3 rings (SSSR count). The highest BCUT2D eigenvalue weighted by Gasteiger charge is 2.18. The SMILES string of the molecule is C[C@@H](Oc1cccc(C(C)(C)C)c1)C(=O)NCc1nnc2ccccn12. The molecule has 0 bridgehead atoms. The minimum Gasteiger partial charge on any atom is -0.481 e. The van der Waals surface area contributed by atoms with Crippen molar-refractivity contribution >= 4 is 11.6 Å². The lowest BCUT2D eigenvalue weighted by Gasteiger charge is -2.21. The third kappa shape index (κ3) is 4.02. The van der Waals surface area contributed by atoms with Gasteiger partial charge in [-0.05, 0) is 42.2 Å². The maximum atomic E-state index is 12.4. The van der Waals surface area contributed by atoms with Crippen LogP contribution >= 0.6 is 0 Å². The lowest BCUT2D eigenvalue weighted by atomic mass is 9.87. The summed E-state index contributed by atoms with van der Waals surface area (Å²) in [4.78, 5) is 12.4. The molecule has 0 spiro atoms. The molecule has 26 heavy (non-hydrogen) atoms. The summed E-state index contributed by atoms with van der Waals surface area (Å²) in [5, 5.41) is 11.0. The molecule has 3 aromatic rings. The Bertz CT molecular complexity index is 911. The first-order valence-corrected chi connectivity index (χ1v) is 8.68. The number of hydrogen-bond donors (Lipinski definition) is 1. The molecule has 0 aliphatic heterocycles. The molecule has 6 heteroatoms. The first-order chi connectivity index (χ1) is 12.3. The van der Waals surface area contributed by atoms with Crippen molar-refractivity contribution in [2.75, 3.05) is 0 Å². The molecule has 0 aliphatic rings. The molecule has 0 saturated carbocycles. The summed E-state index contributed by atoms with van der Waals surface area (Å²) in [5.74, 6) is 1.17. The van der Waals surface area contributed by atoms with E-state index in [0.717, 1.165) is 11.2 Å². The van der Waals surface area contributed by atoms with Crippen LogP contribution in [0.25, 0.3) is 5.65 Å². The Kier molecular flexibility index (Phi) is 4.93. The van der Waals surface area contributed by atoms with Crippen molar-refractivity contribution < 1.29 is 9.53 Å². The molecule has 2 aromatic heterocycles. The van der Waals surface area contributed by atoms with Crippen LogP contribution in [0, 0.1) is 0 Å². The van der Waals surface area contributed by atoms with E-state index < -0.39 is 6.10 Å². The van der Waals surface area contributed by atoms with Gasteiger partial charge in [0.25, 0.3) is 5.91 Å². The van der Waals surface area contributed by atoms with Gasteiger partial charge in [0.15, 0.2) is 17.6 Å². The van der Waals surface area contributed by atoms with Crippen molar-refractivity contribution in [1.82, 2.24) is 19.9 Å². The minimum absolute atomic E-state index is 0.0274. The first kappa shape index (κ1) is 17.9. The Balaban J connectivity index is 1.61. The molecule has 1 aromatic carbocycles. The van der Waals surface area contributed by atoms with Crippen LogP contribution in [-0.4, -0.2) is 26.6 Å². The maximum absolute atomic E-state index is 12.4. The van der Waals surface area contributed by atoms with Gasteiger partial charge in [0.2, 0.25) is 0 Å². The number of carbonyl (C=O) groups is 1. The van der Waals surface area contributed by atoms with Crippen molar-refractivity contribution in [2.45, 2.75) is 45.8 Å². The number of carbonyl (C=O) groups excluding carboxylic acids is 1. The Morgan fingerprint density at radius 1 is 1.19 bits per heavy atom. The van der Waals surface area contributed by atoms with Gasteiger partial charge in [-0.25, -0.2) is 0 Å². The third-order valence-corrected chi connectivity index (χ3v) is 4.19. The monoisotopic (exact) mass is 352 g/mol. The van der Waals surface area contributed by atoms with Crippen LogP contribution in [0.5, 0.6) is 5.75 Å². The predicted molar refractivity (Wildman–Crippen MR) is 100 cm³/mol. The number of pyridine rings is 1. The van der Waals surface area contributed by atoms with Gasteiger partial charge in [0.05, 0.1) is 6.54 Å². The van der Waals surface area contributed by atoms with Crippen LogP contribution in [0.2, 0.25) is 0 Å². The molecule has 0 unspecified atom stereocenters. The highest BCUT2D eigenvalue weighted by Crippen LogP contribution is 2.26. The molecule has 6 nitrogen and oxygen atoms in total. The lowest BCUT2D eigenvalue weighted by molar-refractivity contribution is -0.127. The summed E-state index contributed by atoms with van der Waals surface area (Å²) in [7, 11) is 0. The number of nitrogens with zero attached hydrogens (tertiary/aromatic N) is 3. The zero-order valence-corrected chi connectivity index (χ0v) is 15.6. The summed E-state index contributed by atoms with van der Waals surface area (Å²) in [6.07, 6.45) is 1.26. The number of amides is 1. The van der Waals surface area contributed by atoms with Crippen LogP contribution in [0.3, 0.4) is 0 Å². The number of aromatic nitrogens is 3. The van der Waals surface area contributed by atoms with Gasteiger partial charge in [-0.15, -0.1) is 10.2 Å². The number of ether oxygens (including phenoxy) is 1. The predicted octanol–water partition coefficient (Wildman–Crippen LogP) is 3.11. The standard InChI is InChI=1S/C20H24N4O2/c1-14(26-16-9-7-8-15(12-16)20(2,3)4)19(25)21-13-18-23-22-17-10-5-6-11-24(17)18/h5-12,14H,13H2,1-4H3,(H,21,25)/t14-/m1/s1. The molecule has 136 valence electrons. The summed E-state index contributed by atoms with van der Waals surface area (Å²) in [6, 6.07) is 13.5. The number of rotatable bonds is 5. The molecule has 1 amide bonds. The fourth-order valence-corrected chi connectivity index (χ4v) is 2.61. The Morgan fingerprint density at radius 3 is 2.77 bits per heavy atom. The van der Waals surface area contributed by atoms with E-state index in [4.69, 9.17) is 4.74 Å². The molecule has 0 radical (unpaired) electrons.